The summed E-state index contributed by atoms with van der Waals surface area (Å²) in [6.07, 6.45) is 12.5. The number of rotatable bonds is 9. The highest BCUT2D eigenvalue weighted by atomic mass is 32.1. The molecule has 1 aromatic carbocycles. The van der Waals surface area contributed by atoms with Crippen molar-refractivity contribution in [3.63, 3.8) is 0 Å². The van der Waals surface area contributed by atoms with E-state index in [1.807, 2.05) is 44.2 Å². The first-order valence-corrected chi connectivity index (χ1v) is 9.93. The van der Waals surface area contributed by atoms with Crippen LogP contribution in [-0.4, -0.2) is 23.9 Å². The second-order valence-electron chi connectivity index (χ2n) is 7.06. The largest absolute Gasteiger partial charge is 0.493 e. The number of thiocarbonyl (C=S) groups is 1. The van der Waals surface area contributed by atoms with E-state index in [9.17, 15) is 4.79 Å². The number of ketones is 1. The molecule has 1 aliphatic carbocycles. The molecule has 0 radical (unpaired) electrons. The fourth-order valence-corrected chi connectivity index (χ4v) is 3.02. The minimum Gasteiger partial charge on any atom is -0.493 e. The van der Waals surface area contributed by atoms with Crippen LogP contribution < -0.4 is 9.47 Å². The Kier molecular flexibility index (Phi) is 7.53. The molecule has 0 N–H and O–H groups in total. The molecule has 28 heavy (non-hydrogen) atoms. The smallest absolute Gasteiger partial charge is 0.166 e. The van der Waals surface area contributed by atoms with Gasteiger partial charge in [-0.05, 0) is 44.2 Å². The number of carbonyl (C=O) groups excluding carboxylic acids is 1. The van der Waals surface area contributed by atoms with Crippen LogP contribution in [0.1, 0.15) is 38.8 Å². The number of ether oxygens (including phenoxy) is 2. The highest BCUT2D eigenvalue weighted by Crippen LogP contribution is 2.38. The zero-order valence-corrected chi connectivity index (χ0v) is 17.8. The Morgan fingerprint density at radius 3 is 2.32 bits per heavy atom. The third-order valence-electron chi connectivity index (χ3n) is 4.61. The quantitative estimate of drug-likeness (QED) is 0.307. The van der Waals surface area contributed by atoms with Crippen LogP contribution in [0.25, 0.3) is 6.08 Å². The monoisotopic (exact) mass is 396 g/mol. The van der Waals surface area contributed by atoms with Crippen LogP contribution in [0.3, 0.4) is 0 Å². The maximum Gasteiger partial charge on any atom is 0.166 e. The molecular formula is C24H28O3S. The molecule has 0 aliphatic heterocycles. The summed E-state index contributed by atoms with van der Waals surface area (Å²) in [6.45, 7) is 13.1. The summed E-state index contributed by atoms with van der Waals surface area (Å²) in [7, 11) is 0. The third-order valence-corrected chi connectivity index (χ3v) is 4.88. The van der Waals surface area contributed by atoms with Crippen LogP contribution in [0.5, 0.6) is 11.5 Å². The van der Waals surface area contributed by atoms with Crippen LogP contribution in [-0.2, 0) is 10.2 Å². The molecule has 1 aliphatic rings. The van der Waals surface area contributed by atoms with Crippen molar-refractivity contribution in [2.75, 3.05) is 13.2 Å². The van der Waals surface area contributed by atoms with Crippen molar-refractivity contribution in [1.29, 1.82) is 0 Å². The van der Waals surface area contributed by atoms with E-state index in [0.29, 0.717) is 19.0 Å². The van der Waals surface area contributed by atoms with Gasteiger partial charge in [0, 0.05) is 27.5 Å². The summed E-state index contributed by atoms with van der Waals surface area (Å²) in [5.74, 6) is 1.17. The lowest BCUT2D eigenvalue weighted by Crippen LogP contribution is -2.16. The lowest BCUT2D eigenvalue weighted by molar-refractivity contribution is -0.115. The van der Waals surface area contributed by atoms with Crippen molar-refractivity contribution >= 4 is 28.9 Å². The van der Waals surface area contributed by atoms with Gasteiger partial charge in [0.15, 0.2) is 5.78 Å². The van der Waals surface area contributed by atoms with E-state index in [0.717, 1.165) is 21.7 Å². The highest BCUT2D eigenvalue weighted by molar-refractivity contribution is 7.81. The van der Waals surface area contributed by atoms with Gasteiger partial charge in [0.2, 0.25) is 0 Å². The number of hydrogen-bond donors (Lipinski definition) is 0. The van der Waals surface area contributed by atoms with Gasteiger partial charge in [-0.3, -0.25) is 4.79 Å². The number of benzene rings is 1. The molecule has 4 heteroatoms. The first-order chi connectivity index (χ1) is 13.3. The highest BCUT2D eigenvalue weighted by Gasteiger charge is 2.23. The molecule has 0 atom stereocenters. The van der Waals surface area contributed by atoms with Gasteiger partial charge in [0.05, 0.1) is 19.1 Å². The molecule has 0 saturated heterocycles. The average Bonchev–Trinajstić information content (AvgIpc) is 2.68. The van der Waals surface area contributed by atoms with E-state index in [1.54, 1.807) is 24.3 Å². The van der Waals surface area contributed by atoms with E-state index in [2.05, 4.69) is 20.4 Å². The summed E-state index contributed by atoms with van der Waals surface area (Å²) in [4.78, 5) is 13.3. The van der Waals surface area contributed by atoms with Crippen molar-refractivity contribution in [2.24, 2.45) is 5.92 Å². The molecule has 0 amide bonds. The van der Waals surface area contributed by atoms with Gasteiger partial charge >= 0.3 is 0 Å². The van der Waals surface area contributed by atoms with Crippen molar-refractivity contribution in [2.45, 2.75) is 33.1 Å². The molecule has 0 unspecified atom stereocenters. The van der Waals surface area contributed by atoms with Crippen LogP contribution in [0.4, 0.5) is 0 Å². The van der Waals surface area contributed by atoms with Gasteiger partial charge in [-0.1, -0.05) is 44.3 Å². The van der Waals surface area contributed by atoms with Crippen LogP contribution in [0, 0.1) is 5.92 Å². The lowest BCUT2D eigenvalue weighted by Gasteiger charge is -2.25. The van der Waals surface area contributed by atoms with Crippen LogP contribution >= 0.6 is 12.2 Å². The predicted molar refractivity (Wildman–Crippen MR) is 120 cm³/mol. The SMILES string of the molecule is C=CC(C)(C)c1cc(/C=C/C(=O)C2C=CC(=S)C=C2)c(OCC)cc1OCC. The molecule has 0 aromatic heterocycles. The zero-order chi connectivity index (χ0) is 20.7. The number of allylic oxidation sites excluding steroid dienone is 6. The molecule has 0 heterocycles. The Morgan fingerprint density at radius 2 is 1.75 bits per heavy atom. The zero-order valence-electron chi connectivity index (χ0n) is 17.0. The topological polar surface area (TPSA) is 35.5 Å². The van der Waals surface area contributed by atoms with Crippen LogP contribution in [0.2, 0.25) is 0 Å². The first-order valence-electron chi connectivity index (χ1n) is 9.52. The Morgan fingerprint density at radius 1 is 1.14 bits per heavy atom. The van der Waals surface area contributed by atoms with Gasteiger partial charge in [-0.15, -0.1) is 6.58 Å². The Balaban J connectivity index is 2.43. The Hall–Kier alpha value is -2.46. The Labute approximate surface area is 173 Å². The summed E-state index contributed by atoms with van der Waals surface area (Å²) >= 11 is 5.09. The molecule has 0 spiro atoms. The molecule has 2 rings (SSSR count). The molecule has 148 valence electrons. The van der Waals surface area contributed by atoms with E-state index in [-0.39, 0.29) is 17.1 Å². The van der Waals surface area contributed by atoms with Gasteiger partial charge in [-0.2, -0.15) is 0 Å². The summed E-state index contributed by atoms with van der Waals surface area (Å²) in [6, 6.07) is 3.92. The molecular weight excluding hydrogens is 368 g/mol. The van der Waals surface area contributed by atoms with Crippen molar-refractivity contribution in [3.05, 3.63) is 66.3 Å². The van der Waals surface area contributed by atoms with E-state index < -0.39 is 0 Å². The average molecular weight is 397 g/mol. The number of carbonyl (C=O) groups is 1. The number of hydrogen-bond acceptors (Lipinski definition) is 4. The molecule has 0 fully saturated rings. The maximum absolute atomic E-state index is 12.5. The fourth-order valence-electron chi connectivity index (χ4n) is 2.87. The first kappa shape index (κ1) is 21.8. The fraction of sp³-hybridized carbons (Fsp3) is 0.333. The minimum atomic E-state index is -0.287. The van der Waals surface area contributed by atoms with E-state index in [4.69, 9.17) is 21.7 Å². The summed E-state index contributed by atoms with van der Waals surface area (Å²) in [5, 5.41) is 0. The van der Waals surface area contributed by atoms with Gasteiger partial charge < -0.3 is 9.47 Å². The third kappa shape index (κ3) is 5.29. The molecule has 0 bridgehead atoms. The molecule has 1 aromatic rings. The van der Waals surface area contributed by atoms with Crippen LogP contribution in [0.15, 0.2) is 55.2 Å². The van der Waals surface area contributed by atoms with Crippen molar-refractivity contribution in [3.8, 4) is 11.5 Å². The van der Waals surface area contributed by atoms with E-state index >= 15 is 0 Å². The second kappa shape index (κ2) is 9.65. The van der Waals surface area contributed by atoms with E-state index in [1.165, 1.54) is 0 Å². The molecule has 3 nitrogen and oxygen atoms in total. The summed E-state index contributed by atoms with van der Waals surface area (Å²) < 4.78 is 11.7. The lowest BCUT2D eigenvalue weighted by atomic mass is 9.83. The normalized spacial score (nSPS) is 14.5. The van der Waals surface area contributed by atoms with Crippen molar-refractivity contribution in [1.82, 2.24) is 0 Å². The molecule has 0 saturated carbocycles. The van der Waals surface area contributed by atoms with Crippen molar-refractivity contribution < 1.29 is 14.3 Å². The maximum atomic E-state index is 12.5. The van der Waals surface area contributed by atoms with Gasteiger partial charge in [0.1, 0.15) is 11.5 Å². The summed E-state index contributed by atoms with van der Waals surface area (Å²) in [5.41, 5.74) is 1.55. The Bertz CT molecular complexity index is 828. The predicted octanol–water partition coefficient (Wildman–Crippen LogP) is 5.64. The second-order valence-corrected chi connectivity index (χ2v) is 7.53. The standard InChI is InChI=1S/C24H28O3S/c1-6-24(4,5)20-15-18(22(26-7-2)16-23(20)27-8-3)11-14-21(25)17-9-12-19(28)13-10-17/h6,9-17H,1,7-8H2,2-5H3/b14-11+. The van der Waals surface area contributed by atoms with Gasteiger partial charge in [0.25, 0.3) is 0 Å². The van der Waals surface area contributed by atoms with Gasteiger partial charge in [-0.25, -0.2) is 0 Å². The minimum absolute atomic E-state index is 0.00383.